The number of ether oxygens (including phenoxy) is 1. The van der Waals surface area contributed by atoms with E-state index in [9.17, 15) is 4.79 Å². The van der Waals surface area contributed by atoms with Crippen LogP contribution in [0.25, 0.3) is 0 Å². The van der Waals surface area contributed by atoms with Gasteiger partial charge in [-0.15, -0.1) is 0 Å². The van der Waals surface area contributed by atoms with Crippen molar-refractivity contribution in [2.75, 3.05) is 0 Å². The Labute approximate surface area is 155 Å². The first-order valence-electron chi connectivity index (χ1n) is 8.62. The molecule has 0 saturated carbocycles. The molecule has 2 unspecified atom stereocenters. The van der Waals surface area contributed by atoms with Gasteiger partial charge in [0.1, 0.15) is 5.75 Å². The Balaban J connectivity index is 2.05. The average molecular weight is 360 g/mol. The third kappa shape index (κ3) is 4.99. The first-order chi connectivity index (χ1) is 11.8. The summed E-state index contributed by atoms with van der Waals surface area (Å²) in [5.41, 5.74) is 4.49. The molecule has 0 aliphatic rings. The Morgan fingerprint density at radius 1 is 1.08 bits per heavy atom. The van der Waals surface area contributed by atoms with Gasteiger partial charge in [0.05, 0.1) is 6.04 Å². The largest absolute Gasteiger partial charge is 0.481 e. The van der Waals surface area contributed by atoms with Gasteiger partial charge in [0.2, 0.25) is 0 Å². The fourth-order valence-electron chi connectivity index (χ4n) is 2.60. The molecule has 0 radical (unpaired) electrons. The summed E-state index contributed by atoms with van der Waals surface area (Å²) in [6.45, 7) is 10.00. The Kier molecular flexibility index (Phi) is 6.49. The van der Waals surface area contributed by atoms with Gasteiger partial charge in [-0.3, -0.25) is 4.79 Å². The summed E-state index contributed by atoms with van der Waals surface area (Å²) in [6, 6.07) is 11.6. The minimum atomic E-state index is -0.533. The summed E-state index contributed by atoms with van der Waals surface area (Å²) >= 11 is 6.04. The zero-order valence-corrected chi connectivity index (χ0v) is 16.3. The number of nitrogens with one attached hydrogen (secondary N) is 1. The summed E-state index contributed by atoms with van der Waals surface area (Å²) in [7, 11) is 0. The van der Waals surface area contributed by atoms with Crippen LogP contribution in [0.3, 0.4) is 0 Å². The van der Waals surface area contributed by atoms with E-state index >= 15 is 0 Å². The molecular formula is C21H26ClNO2. The average Bonchev–Trinajstić information content (AvgIpc) is 2.58. The monoisotopic (exact) mass is 359 g/mol. The highest BCUT2D eigenvalue weighted by Crippen LogP contribution is 2.23. The van der Waals surface area contributed by atoms with Crippen LogP contribution in [0.15, 0.2) is 36.4 Å². The van der Waals surface area contributed by atoms with Crippen LogP contribution in [0.5, 0.6) is 5.75 Å². The van der Waals surface area contributed by atoms with E-state index in [0.29, 0.717) is 17.2 Å². The number of hydrogen-bond acceptors (Lipinski definition) is 2. The van der Waals surface area contributed by atoms with Gasteiger partial charge in [-0.1, -0.05) is 36.7 Å². The molecule has 2 aromatic rings. The maximum absolute atomic E-state index is 12.6. The molecule has 0 aliphatic heterocycles. The number of aryl methyl sites for hydroxylation is 3. The van der Waals surface area contributed by atoms with E-state index in [2.05, 4.69) is 37.4 Å². The molecule has 4 heteroatoms. The van der Waals surface area contributed by atoms with E-state index in [-0.39, 0.29) is 11.9 Å². The molecule has 1 N–H and O–H groups in total. The standard InChI is InChI=1S/C21H26ClNO2/c1-6-20(25-18-9-10-19(22)15(4)12-18)21(24)23-16(5)17-8-7-13(2)14(3)11-17/h7-12,16,20H,6H2,1-5H3,(H,23,24). The third-order valence-corrected chi connectivity index (χ3v) is 4.88. The Bertz CT molecular complexity index is 758. The van der Waals surface area contributed by atoms with Gasteiger partial charge in [-0.05, 0) is 74.6 Å². The van der Waals surface area contributed by atoms with Crippen LogP contribution in [0.1, 0.15) is 48.6 Å². The number of rotatable bonds is 6. The molecule has 0 fully saturated rings. The van der Waals surface area contributed by atoms with Gasteiger partial charge in [-0.25, -0.2) is 0 Å². The number of halogens is 1. The smallest absolute Gasteiger partial charge is 0.261 e. The molecule has 0 saturated heterocycles. The molecule has 134 valence electrons. The van der Waals surface area contributed by atoms with Crippen LogP contribution >= 0.6 is 11.6 Å². The molecule has 2 rings (SSSR count). The first kappa shape index (κ1) is 19.3. The van der Waals surface area contributed by atoms with Crippen LogP contribution in [-0.4, -0.2) is 12.0 Å². The summed E-state index contributed by atoms with van der Waals surface area (Å²) in [6.07, 6.45) is 0.0576. The second kappa shape index (κ2) is 8.39. The Hall–Kier alpha value is -2.00. The van der Waals surface area contributed by atoms with Gasteiger partial charge in [-0.2, -0.15) is 0 Å². The summed E-state index contributed by atoms with van der Waals surface area (Å²) in [5.74, 6) is 0.545. The van der Waals surface area contributed by atoms with E-state index in [1.165, 1.54) is 11.1 Å². The van der Waals surface area contributed by atoms with E-state index in [1.54, 1.807) is 12.1 Å². The van der Waals surface area contributed by atoms with Crippen LogP contribution < -0.4 is 10.1 Å². The minimum Gasteiger partial charge on any atom is -0.481 e. The molecule has 2 aromatic carbocycles. The maximum Gasteiger partial charge on any atom is 0.261 e. The van der Waals surface area contributed by atoms with Crippen molar-refractivity contribution in [2.24, 2.45) is 0 Å². The second-order valence-corrected chi connectivity index (χ2v) is 6.91. The van der Waals surface area contributed by atoms with E-state index in [0.717, 1.165) is 11.1 Å². The number of carbonyl (C=O) groups excluding carboxylic acids is 1. The van der Waals surface area contributed by atoms with Crippen molar-refractivity contribution in [3.63, 3.8) is 0 Å². The molecule has 25 heavy (non-hydrogen) atoms. The highest BCUT2D eigenvalue weighted by Gasteiger charge is 2.21. The van der Waals surface area contributed by atoms with Crippen molar-refractivity contribution in [1.29, 1.82) is 0 Å². The minimum absolute atomic E-state index is 0.0728. The van der Waals surface area contributed by atoms with E-state index in [1.807, 2.05) is 26.8 Å². The summed E-state index contributed by atoms with van der Waals surface area (Å²) in [5, 5.41) is 3.74. The van der Waals surface area contributed by atoms with Crippen LogP contribution in [0.2, 0.25) is 5.02 Å². The number of carbonyl (C=O) groups is 1. The molecule has 0 heterocycles. The zero-order valence-electron chi connectivity index (χ0n) is 15.5. The lowest BCUT2D eigenvalue weighted by Gasteiger charge is -2.21. The zero-order chi connectivity index (χ0) is 18.6. The number of benzene rings is 2. The molecule has 0 aromatic heterocycles. The predicted molar refractivity (Wildman–Crippen MR) is 103 cm³/mol. The maximum atomic E-state index is 12.6. The van der Waals surface area contributed by atoms with Gasteiger partial charge in [0.25, 0.3) is 5.91 Å². The number of amides is 1. The highest BCUT2D eigenvalue weighted by atomic mass is 35.5. The Morgan fingerprint density at radius 3 is 2.40 bits per heavy atom. The van der Waals surface area contributed by atoms with Gasteiger partial charge in [0.15, 0.2) is 6.10 Å². The van der Waals surface area contributed by atoms with E-state index < -0.39 is 6.10 Å². The van der Waals surface area contributed by atoms with Crippen LogP contribution in [0.4, 0.5) is 0 Å². The van der Waals surface area contributed by atoms with Crippen molar-refractivity contribution in [3.05, 3.63) is 63.7 Å². The lowest BCUT2D eigenvalue weighted by atomic mass is 10.0. The predicted octanol–water partition coefficient (Wildman–Crippen LogP) is 5.30. The lowest BCUT2D eigenvalue weighted by molar-refractivity contribution is -0.128. The topological polar surface area (TPSA) is 38.3 Å². The van der Waals surface area contributed by atoms with Crippen LogP contribution in [0, 0.1) is 20.8 Å². The third-order valence-electron chi connectivity index (χ3n) is 4.46. The van der Waals surface area contributed by atoms with E-state index in [4.69, 9.17) is 16.3 Å². The molecule has 0 aliphatic carbocycles. The fraction of sp³-hybridized carbons (Fsp3) is 0.381. The normalized spacial score (nSPS) is 13.2. The molecule has 0 bridgehead atoms. The fourth-order valence-corrected chi connectivity index (χ4v) is 2.72. The quantitative estimate of drug-likeness (QED) is 0.760. The van der Waals surface area contributed by atoms with Gasteiger partial charge in [0, 0.05) is 5.02 Å². The molecule has 0 spiro atoms. The van der Waals surface area contributed by atoms with Crippen molar-refractivity contribution in [2.45, 2.75) is 53.2 Å². The summed E-state index contributed by atoms with van der Waals surface area (Å²) < 4.78 is 5.87. The summed E-state index contributed by atoms with van der Waals surface area (Å²) in [4.78, 5) is 12.6. The van der Waals surface area contributed by atoms with Gasteiger partial charge >= 0.3 is 0 Å². The number of hydrogen-bond donors (Lipinski definition) is 1. The first-order valence-corrected chi connectivity index (χ1v) is 9.00. The van der Waals surface area contributed by atoms with Crippen molar-refractivity contribution in [3.8, 4) is 5.75 Å². The van der Waals surface area contributed by atoms with Crippen molar-refractivity contribution >= 4 is 17.5 Å². The molecular weight excluding hydrogens is 334 g/mol. The molecule has 3 nitrogen and oxygen atoms in total. The Morgan fingerprint density at radius 2 is 1.80 bits per heavy atom. The molecule has 1 amide bonds. The SMILES string of the molecule is CCC(Oc1ccc(Cl)c(C)c1)C(=O)NC(C)c1ccc(C)c(C)c1. The highest BCUT2D eigenvalue weighted by molar-refractivity contribution is 6.31. The van der Waals surface area contributed by atoms with Crippen LogP contribution in [-0.2, 0) is 4.79 Å². The van der Waals surface area contributed by atoms with Gasteiger partial charge < -0.3 is 10.1 Å². The lowest BCUT2D eigenvalue weighted by Crippen LogP contribution is -2.39. The second-order valence-electron chi connectivity index (χ2n) is 6.50. The van der Waals surface area contributed by atoms with Crippen molar-refractivity contribution in [1.82, 2.24) is 5.32 Å². The van der Waals surface area contributed by atoms with Crippen molar-refractivity contribution < 1.29 is 9.53 Å². The molecule has 2 atom stereocenters.